The Balaban J connectivity index is 1.94. The van der Waals surface area contributed by atoms with Gasteiger partial charge in [-0.25, -0.2) is 0 Å². The van der Waals surface area contributed by atoms with E-state index in [0.29, 0.717) is 10.9 Å². The molecule has 0 bridgehead atoms. The van der Waals surface area contributed by atoms with E-state index in [0.717, 1.165) is 15.6 Å². The Morgan fingerprint density at radius 2 is 2.00 bits per heavy atom. The maximum Gasteiger partial charge on any atom is 0.243 e. The molecule has 1 atom stereocenters. The zero-order valence-corrected chi connectivity index (χ0v) is 14.0. The van der Waals surface area contributed by atoms with Crippen molar-refractivity contribution in [2.45, 2.75) is 13.2 Å². The van der Waals surface area contributed by atoms with Gasteiger partial charge < -0.3 is 4.74 Å². The van der Waals surface area contributed by atoms with Gasteiger partial charge in [-0.05, 0) is 36.4 Å². The average Bonchev–Trinajstić information content (AvgIpc) is 2.93. The highest BCUT2D eigenvalue weighted by molar-refractivity contribution is 9.10. The number of halogens is 2. The molecule has 3 rings (SSSR count). The molecule has 1 unspecified atom stereocenters. The smallest absolute Gasteiger partial charge is 0.243 e. The number of hydrogen-bond acceptors (Lipinski definition) is 3. The maximum absolute atomic E-state index is 11.8. The van der Waals surface area contributed by atoms with Crippen molar-refractivity contribution in [3.63, 3.8) is 0 Å². The summed E-state index contributed by atoms with van der Waals surface area (Å²) in [7, 11) is 0. The number of nitrogens with zero attached hydrogens (tertiary/aromatic N) is 2. The lowest BCUT2D eigenvalue weighted by molar-refractivity contribution is -0.135. The van der Waals surface area contributed by atoms with Crippen LogP contribution in [0, 0.1) is 0 Å². The number of hydrazone groups is 1. The van der Waals surface area contributed by atoms with Crippen molar-refractivity contribution in [1.29, 1.82) is 0 Å². The molecule has 0 aromatic heterocycles. The van der Waals surface area contributed by atoms with Crippen LogP contribution in [-0.4, -0.2) is 16.8 Å². The second-order valence-corrected chi connectivity index (χ2v) is 6.15. The molecule has 112 valence electrons. The van der Waals surface area contributed by atoms with Gasteiger partial charge in [0.05, 0.1) is 0 Å². The highest BCUT2D eigenvalue weighted by Crippen LogP contribution is 2.31. The number of carbonyl (C=O) groups excluding carboxylic acids is 1. The molecule has 0 radical (unpaired) electrons. The molecule has 0 fully saturated rings. The van der Waals surface area contributed by atoms with Gasteiger partial charge in [0.25, 0.3) is 0 Å². The summed E-state index contributed by atoms with van der Waals surface area (Å²) >= 11 is 9.41. The molecule has 0 saturated carbocycles. The number of benzene rings is 2. The van der Waals surface area contributed by atoms with E-state index in [1.807, 2.05) is 36.4 Å². The molecule has 2 aromatic rings. The largest absolute Gasteiger partial charge is 0.446 e. The fourth-order valence-electron chi connectivity index (χ4n) is 2.15. The minimum Gasteiger partial charge on any atom is -0.446 e. The van der Waals surface area contributed by atoms with Gasteiger partial charge in [0.2, 0.25) is 18.0 Å². The molecule has 1 heterocycles. The maximum atomic E-state index is 11.8. The van der Waals surface area contributed by atoms with Gasteiger partial charge in [-0.3, -0.25) is 4.79 Å². The second kappa shape index (κ2) is 6.10. The van der Waals surface area contributed by atoms with Gasteiger partial charge in [0.1, 0.15) is 0 Å². The third-order valence-corrected chi connectivity index (χ3v) is 3.96. The number of carbonyl (C=O) groups is 1. The van der Waals surface area contributed by atoms with E-state index < -0.39 is 6.23 Å². The van der Waals surface area contributed by atoms with Crippen molar-refractivity contribution in [2.24, 2.45) is 5.10 Å². The first-order valence-corrected chi connectivity index (χ1v) is 7.78. The van der Waals surface area contributed by atoms with Gasteiger partial charge in [-0.2, -0.15) is 5.01 Å². The highest BCUT2D eigenvalue weighted by Gasteiger charge is 2.33. The summed E-state index contributed by atoms with van der Waals surface area (Å²) in [6.07, 6.45) is -0.602. The van der Waals surface area contributed by atoms with Crippen LogP contribution in [0.5, 0.6) is 0 Å². The van der Waals surface area contributed by atoms with Gasteiger partial charge in [0, 0.05) is 27.5 Å². The van der Waals surface area contributed by atoms with Crippen molar-refractivity contribution in [1.82, 2.24) is 5.01 Å². The van der Waals surface area contributed by atoms with Crippen LogP contribution in [0.15, 0.2) is 58.1 Å². The Labute approximate surface area is 141 Å². The van der Waals surface area contributed by atoms with Gasteiger partial charge >= 0.3 is 0 Å². The van der Waals surface area contributed by atoms with Crippen LogP contribution in [-0.2, 0) is 9.53 Å². The lowest BCUT2D eigenvalue weighted by Gasteiger charge is -2.19. The monoisotopic (exact) mass is 378 g/mol. The van der Waals surface area contributed by atoms with E-state index in [1.165, 1.54) is 11.9 Å². The summed E-state index contributed by atoms with van der Waals surface area (Å²) in [5.74, 6) is 0.213. The minimum absolute atomic E-state index is 0.197. The molecule has 6 heteroatoms. The molecule has 2 aromatic carbocycles. The Morgan fingerprint density at radius 1 is 1.27 bits per heavy atom. The Bertz CT molecular complexity index is 746. The SMILES string of the molecule is CC(=O)N1N=C(c2ccc(Br)cc2)OC1c1cccc(Cl)c1. The normalized spacial score (nSPS) is 17.1. The Kier molecular flexibility index (Phi) is 4.18. The van der Waals surface area contributed by atoms with E-state index in [1.54, 1.807) is 12.1 Å². The first-order valence-electron chi connectivity index (χ1n) is 6.61. The van der Waals surface area contributed by atoms with Crippen molar-refractivity contribution < 1.29 is 9.53 Å². The van der Waals surface area contributed by atoms with E-state index in [9.17, 15) is 4.79 Å². The summed E-state index contributed by atoms with van der Waals surface area (Å²) in [6.45, 7) is 1.45. The van der Waals surface area contributed by atoms with Gasteiger partial charge in [0.15, 0.2) is 0 Å². The molecule has 1 aliphatic heterocycles. The Hall–Kier alpha value is -1.85. The second-order valence-electron chi connectivity index (χ2n) is 4.80. The standard InChI is InChI=1S/C16H12BrClN2O2/c1-10(21)20-16(12-3-2-4-14(18)9-12)22-15(19-20)11-5-7-13(17)8-6-11/h2-9,16H,1H3. The van der Waals surface area contributed by atoms with Crippen molar-refractivity contribution in [2.75, 3.05) is 0 Å². The van der Waals surface area contributed by atoms with E-state index in [4.69, 9.17) is 16.3 Å². The van der Waals surface area contributed by atoms with Crippen LogP contribution >= 0.6 is 27.5 Å². The number of amides is 1. The van der Waals surface area contributed by atoms with Crippen LogP contribution in [0.25, 0.3) is 0 Å². The van der Waals surface area contributed by atoms with E-state index in [2.05, 4.69) is 21.0 Å². The first kappa shape index (κ1) is 15.1. The lowest BCUT2D eigenvalue weighted by Crippen LogP contribution is -2.25. The number of hydrogen-bond donors (Lipinski definition) is 0. The molecular weight excluding hydrogens is 368 g/mol. The highest BCUT2D eigenvalue weighted by atomic mass is 79.9. The average molecular weight is 380 g/mol. The fraction of sp³-hybridized carbons (Fsp3) is 0.125. The third kappa shape index (κ3) is 3.00. The lowest BCUT2D eigenvalue weighted by atomic mass is 10.2. The summed E-state index contributed by atoms with van der Waals surface area (Å²) in [4.78, 5) is 11.8. The van der Waals surface area contributed by atoms with Crippen LogP contribution in [0.4, 0.5) is 0 Å². The molecule has 4 nitrogen and oxygen atoms in total. The molecule has 0 N–H and O–H groups in total. The molecule has 1 aliphatic rings. The zero-order chi connectivity index (χ0) is 15.7. The van der Waals surface area contributed by atoms with E-state index >= 15 is 0 Å². The van der Waals surface area contributed by atoms with Gasteiger partial charge in [-0.1, -0.05) is 39.7 Å². The summed E-state index contributed by atoms with van der Waals surface area (Å²) in [5, 5.41) is 6.20. The molecule has 0 aliphatic carbocycles. The van der Waals surface area contributed by atoms with Crippen LogP contribution in [0.3, 0.4) is 0 Å². The van der Waals surface area contributed by atoms with Crippen LogP contribution in [0.2, 0.25) is 5.02 Å². The topological polar surface area (TPSA) is 41.9 Å². The zero-order valence-electron chi connectivity index (χ0n) is 11.7. The van der Waals surface area contributed by atoms with Gasteiger partial charge in [-0.15, -0.1) is 5.10 Å². The first-order chi connectivity index (χ1) is 10.5. The predicted octanol–water partition coefficient (Wildman–Crippen LogP) is 4.34. The van der Waals surface area contributed by atoms with E-state index in [-0.39, 0.29) is 5.91 Å². The molecule has 1 amide bonds. The molecular formula is C16H12BrClN2O2. The van der Waals surface area contributed by atoms with Crippen molar-refractivity contribution >= 4 is 39.3 Å². The molecule has 0 saturated heterocycles. The summed E-state index contributed by atoms with van der Waals surface area (Å²) in [5.41, 5.74) is 1.58. The van der Waals surface area contributed by atoms with Crippen LogP contribution < -0.4 is 0 Å². The number of ether oxygens (including phenoxy) is 1. The van der Waals surface area contributed by atoms with Crippen molar-refractivity contribution in [3.8, 4) is 0 Å². The predicted molar refractivity (Wildman–Crippen MR) is 88.5 cm³/mol. The third-order valence-electron chi connectivity index (χ3n) is 3.19. The van der Waals surface area contributed by atoms with Crippen molar-refractivity contribution in [3.05, 3.63) is 69.2 Å². The molecule has 0 spiro atoms. The number of rotatable bonds is 2. The Morgan fingerprint density at radius 3 is 2.64 bits per heavy atom. The van der Waals surface area contributed by atoms with Crippen LogP contribution in [0.1, 0.15) is 24.3 Å². The fourth-order valence-corrected chi connectivity index (χ4v) is 2.62. The summed E-state index contributed by atoms with van der Waals surface area (Å²) < 4.78 is 6.85. The minimum atomic E-state index is -0.602. The molecule has 22 heavy (non-hydrogen) atoms. The summed E-state index contributed by atoms with van der Waals surface area (Å²) in [6, 6.07) is 14.8. The quantitative estimate of drug-likeness (QED) is 0.779.